The molecule has 0 saturated heterocycles. The van der Waals surface area contributed by atoms with Crippen LogP contribution in [0.15, 0.2) is 66.6 Å². The van der Waals surface area contributed by atoms with E-state index in [2.05, 4.69) is 18.1 Å². The summed E-state index contributed by atoms with van der Waals surface area (Å²) in [5.41, 5.74) is 2.14. The SMILES string of the molecule is C=CCN(CC=C)S(=O)(=O)c1ccc(C(=O)N(CCCN(C)C)c2nc3c(C)cc(Cl)cc3s2)cc1.Cl. The van der Waals surface area contributed by atoms with Crippen molar-refractivity contribution in [1.29, 1.82) is 0 Å². The van der Waals surface area contributed by atoms with E-state index in [-0.39, 0.29) is 36.3 Å². The lowest BCUT2D eigenvalue weighted by molar-refractivity contribution is 0.0986. The first-order valence-electron chi connectivity index (χ1n) is 11.4. The van der Waals surface area contributed by atoms with Crippen LogP contribution in [-0.4, -0.2) is 68.8 Å². The molecule has 3 rings (SSSR count). The third kappa shape index (κ3) is 7.40. The van der Waals surface area contributed by atoms with E-state index in [0.717, 1.165) is 28.7 Å². The molecular formula is C26H32Cl2N4O3S2. The van der Waals surface area contributed by atoms with Crippen LogP contribution in [-0.2, 0) is 10.0 Å². The normalized spacial score (nSPS) is 11.5. The lowest BCUT2D eigenvalue weighted by Crippen LogP contribution is -2.33. The Balaban J connectivity index is 0.00000481. The molecule has 11 heteroatoms. The summed E-state index contributed by atoms with van der Waals surface area (Å²) in [5, 5.41) is 1.21. The zero-order chi connectivity index (χ0) is 26.5. The molecule has 1 heterocycles. The van der Waals surface area contributed by atoms with E-state index in [9.17, 15) is 13.2 Å². The molecule has 0 fully saturated rings. The second-order valence-electron chi connectivity index (χ2n) is 8.60. The van der Waals surface area contributed by atoms with Gasteiger partial charge in [-0.1, -0.05) is 35.1 Å². The Hall–Kier alpha value is -2.27. The minimum Gasteiger partial charge on any atom is -0.309 e. The average Bonchev–Trinajstić information content (AvgIpc) is 3.25. The molecule has 0 aliphatic rings. The summed E-state index contributed by atoms with van der Waals surface area (Å²) in [5.74, 6) is -0.241. The Morgan fingerprint density at radius 2 is 1.70 bits per heavy atom. The van der Waals surface area contributed by atoms with Crippen molar-refractivity contribution < 1.29 is 13.2 Å². The van der Waals surface area contributed by atoms with Crippen LogP contribution in [0.3, 0.4) is 0 Å². The molecule has 0 N–H and O–H groups in total. The highest BCUT2D eigenvalue weighted by molar-refractivity contribution is 7.89. The molecule has 0 aliphatic carbocycles. The second kappa shape index (κ2) is 13.5. The zero-order valence-electron chi connectivity index (χ0n) is 21.2. The van der Waals surface area contributed by atoms with Crippen LogP contribution in [0, 0.1) is 6.92 Å². The number of nitrogens with zero attached hydrogens (tertiary/aromatic N) is 4. The van der Waals surface area contributed by atoms with Crippen LogP contribution < -0.4 is 4.90 Å². The number of carbonyl (C=O) groups is 1. The van der Waals surface area contributed by atoms with Crippen LogP contribution >= 0.6 is 35.3 Å². The molecule has 0 saturated carbocycles. The predicted molar refractivity (Wildman–Crippen MR) is 157 cm³/mol. The van der Waals surface area contributed by atoms with Gasteiger partial charge in [-0.25, -0.2) is 13.4 Å². The molecule has 7 nitrogen and oxygen atoms in total. The molecule has 200 valence electrons. The van der Waals surface area contributed by atoms with Crippen LogP contribution in [0.4, 0.5) is 5.13 Å². The molecule has 0 bridgehead atoms. The van der Waals surface area contributed by atoms with Crippen molar-refractivity contribution in [2.75, 3.05) is 45.2 Å². The van der Waals surface area contributed by atoms with E-state index in [1.807, 2.05) is 33.2 Å². The molecule has 1 amide bonds. The molecule has 2 aromatic carbocycles. The summed E-state index contributed by atoms with van der Waals surface area (Å²) in [6.07, 6.45) is 3.80. The van der Waals surface area contributed by atoms with Crippen LogP contribution in [0.5, 0.6) is 0 Å². The standard InChI is InChI=1S/C26H31ClN4O3S2.ClH/c1-6-13-30(14-7-2)36(33,34)22-11-9-20(10-12-22)25(32)31(16-8-15-29(4)5)26-28-24-19(3)17-21(27)18-23(24)35-26;/h6-7,9-12,17-18H,1-2,8,13-16H2,3-5H3;1H. The van der Waals surface area contributed by atoms with Crippen LogP contribution in [0.2, 0.25) is 5.02 Å². The number of carbonyl (C=O) groups excluding carboxylic acids is 1. The quantitative estimate of drug-likeness (QED) is 0.258. The number of rotatable bonds is 12. The van der Waals surface area contributed by atoms with E-state index in [0.29, 0.717) is 22.3 Å². The molecular weight excluding hydrogens is 551 g/mol. The smallest absolute Gasteiger partial charge is 0.260 e. The summed E-state index contributed by atoms with van der Waals surface area (Å²) in [4.78, 5) is 22.2. The van der Waals surface area contributed by atoms with Crippen molar-refractivity contribution in [1.82, 2.24) is 14.2 Å². The van der Waals surface area contributed by atoms with Gasteiger partial charge in [-0.2, -0.15) is 4.31 Å². The number of fused-ring (bicyclic) bond motifs is 1. The van der Waals surface area contributed by atoms with Crippen molar-refractivity contribution >= 4 is 66.6 Å². The van der Waals surface area contributed by atoms with Gasteiger partial charge in [0.15, 0.2) is 5.13 Å². The van der Waals surface area contributed by atoms with E-state index < -0.39 is 10.0 Å². The fourth-order valence-electron chi connectivity index (χ4n) is 3.72. The molecule has 0 spiro atoms. The maximum absolute atomic E-state index is 13.6. The summed E-state index contributed by atoms with van der Waals surface area (Å²) < 4.78 is 28.2. The Bertz CT molecular complexity index is 1350. The minimum atomic E-state index is -3.75. The van der Waals surface area contributed by atoms with Gasteiger partial charge in [0.2, 0.25) is 10.0 Å². The van der Waals surface area contributed by atoms with Crippen molar-refractivity contribution in [3.63, 3.8) is 0 Å². The van der Waals surface area contributed by atoms with Crippen molar-refractivity contribution in [3.8, 4) is 0 Å². The van der Waals surface area contributed by atoms with Gasteiger partial charge in [0.05, 0.1) is 15.1 Å². The number of hydrogen-bond donors (Lipinski definition) is 0. The third-order valence-corrected chi connectivity index (χ3v) is 8.60. The largest absolute Gasteiger partial charge is 0.309 e. The topological polar surface area (TPSA) is 73.8 Å². The Labute approximate surface area is 234 Å². The molecule has 0 atom stereocenters. The third-order valence-electron chi connectivity index (χ3n) is 5.51. The highest BCUT2D eigenvalue weighted by Gasteiger charge is 2.25. The molecule has 3 aromatic rings. The van der Waals surface area contributed by atoms with E-state index in [1.54, 1.807) is 17.0 Å². The van der Waals surface area contributed by atoms with Gasteiger partial charge in [0, 0.05) is 30.2 Å². The first-order valence-corrected chi connectivity index (χ1v) is 14.1. The highest BCUT2D eigenvalue weighted by atomic mass is 35.5. The van der Waals surface area contributed by atoms with E-state index >= 15 is 0 Å². The van der Waals surface area contributed by atoms with Crippen molar-refractivity contribution in [2.24, 2.45) is 0 Å². The number of aromatic nitrogens is 1. The van der Waals surface area contributed by atoms with Gasteiger partial charge in [-0.15, -0.1) is 25.6 Å². The van der Waals surface area contributed by atoms with Gasteiger partial charge >= 0.3 is 0 Å². The monoisotopic (exact) mass is 582 g/mol. The Morgan fingerprint density at radius 1 is 1.08 bits per heavy atom. The predicted octanol–water partition coefficient (Wildman–Crippen LogP) is 5.64. The summed E-state index contributed by atoms with van der Waals surface area (Å²) >= 11 is 7.64. The fourth-order valence-corrected chi connectivity index (χ4v) is 6.55. The van der Waals surface area contributed by atoms with Crippen molar-refractivity contribution in [2.45, 2.75) is 18.2 Å². The number of benzene rings is 2. The zero-order valence-corrected chi connectivity index (χ0v) is 24.4. The molecule has 0 unspecified atom stereocenters. The number of anilines is 1. The lowest BCUT2D eigenvalue weighted by Gasteiger charge is -2.22. The molecule has 0 aliphatic heterocycles. The minimum absolute atomic E-state index is 0. The highest BCUT2D eigenvalue weighted by Crippen LogP contribution is 2.34. The summed E-state index contributed by atoms with van der Waals surface area (Å²) in [6.45, 7) is 10.8. The Morgan fingerprint density at radius 3 is 2.27 bits per heavy atom. The summed E-state index contributed by atoms with van der Waals surface area (Å²) in [6, 6.07) is 9.72. The van der Waals surface area contributed by atoms with Crippen LogP contribution in [0.1, 0.15) is 22.3 Å². The number of hydrogen-bond acceptors (Lipinski definition) is 6. The van der Waals surface area contributed by atoms with E-state index in [1.165, 1.54) is 39.9 Å². The van der Waals surface area contributed by atoms with Crippen molar-refractivity contribution in [3.05, 3.63) is 77.9 Å². The van der Waals surface area contributed by atoms with Gasteiger partial charge in [-0.05, 0) is 75.9 Å². The number of aryl methyl sites for hydroxylation is 1. The van der Waals surface area contributed by atoms with Gasteiger partial charge in [0.25, 0.3) is 5.91 Å². The molecule has 0 radical (unpaired) electrons. The molecule has 1 aromatic heterocycles. The van der Waals surface area contributed by atoms with Gasteiger partial charge in [0.1, 0.15) is 0 Å². The first-order chi connectivity index (χ1) is 17.1. The number of amides is 1. The van der Waals surface area contributed by atoms with Gasteiger partial charge in [-0.3, -0.25) is 9.69 Å². The van der Waals surface area contributed by atoms with Gasteiger partial charge < -0.3 is 4.90 Å². The molecule has 37 heavy (non-hydrogen) atoms. The number of halogens is 2. The van der Waals surface area contributed by atoms with Crippen LogP contribution in [0.25, 0.3) is 10.2 Å². The maximum atomic E-state index is 13.6. The maximum Gasteiger partial charge on any atom is 0.260 e. The first kappa shape index (κ1) is 31.0. The summed E-state index contributed by atoms with van der Waals surface area (Å²) in [7, 11) is 0.213. The fraction of sp³-hybridized carbons (Fsp3) is 0.308. The number of thiazole rings is 1. The average molecular weight is 584 g/mol. The number of sulfonamides is 1. The Kier molecular flexibility index (Phi) is 11.3. The lowest BCUT2D eigenvalue weighted by atomic mass is 10.2. The second-order valence-corrected chi connectivity index (χ2v) is 12.0. The van der Waals surface area contributed by atoms with E-state index in [4.69, 9.17) is 16.6 Å².